The van der Waals surface area contributed by atoms with E-state index in [1.807, 2.05) is 19.0 Å². The molecule has 5 heteroatoms. The molecule has 4 nitrogen and oxygen atoms in total. The maximum atomic E-state index is 13.4. The molecule has 0 saturated heterocycles. The Balaban J connectivity index is 2.78. The number of carbonyl (C=O) groups is 1. The fourth-order valence-corrected chi connectivity index (χ4v) is 1.57. The van der Waals surface area contributed by atoms with E-state index >= 15 is 0 Å². The van der Waals surface area contributed by atoms with Gasteiger partial charge < -0.3 is 10.0 Å². The highest BCUT2D eigenvalue weighted by Crippen LogP contribution is 2.16. The van der Waals surface area contributed by atoms with Crippen LogP contribution in [-0.4, -0.2) is 43.2 Å². The van der Waals surface area contributed by atoms with E-state index in [0.717, 1.165) is 6.54 Å². The summed E-state index contributed by atoms with van der Waals surface area (Å²) >= 11 is 0. The van der Waals surface area contributed by atoms with E-state index in [1.165, 1.54) is 6.07 Å². The van der Waals surface area contributed by atoms with Gasteiger partial charge in [-0.05, 0) is 38.2 Å². The van der Waals surface area contributed by atoms with Crippen molar-refractivity contribution < 1.29 is 14.3 Å². The van der Waals surface area contributed by atoms with Gasteiger partial charge in [0.2, 0.25) is 0 Å². The number of carboxylic acid groups (broad SMARTS) is 1. The van der Waals surface area contributed by atoms with Crippen molar-refractivity contribution in [3.63, 3.8) is 0 Å². The van der Waals surface area contributed by atoms with Crippen molar-refractivity contribution in [3.8, 4) is 0 Å². The second kappa shape index (κ2) is 6.47. The third kappa shape index (κ3) is 4.09. The van der Waals surface area contributed by atoms with Gasteiger partial charge in [-0.25, -0.2) is 4.39 Å². The summed E-state index contributed by atoms with van der Waals surface area (Å²) in [5.41, 5.74) is 0.945. The lowest BCUT2D eigenvalue weighted by molar-refractivity contribution is -0.139. The van der Waals surface area contributed by atoms with Crippen LogP contribution in [0.3, 0.4) is 0 Å². The first kappa shape index (κ1) is 14.6. The Kier molecular flexibility index (Phi) is 5.25. The van der Waals surface area contributed by atoms with E-state index in [4.69, 9.17) is 5.11 Å². The van der Waals surface area contributed by atoms with Gasteiger partial charge in [0.25, 0.3) is 0 Å². The monoisotopic (exact) mass is 254 g/mol. The van der Waals surface area contributed by atoms with E-state index in [-0.39, 0.29) is 5.82 Å². The van der Waals surface area contributed by atoms with Crippen LogP contribution >= 0.6 is 0 Å². The Labute approximate surface area is 106 Å². The lowest BCUT2D eigenvalue weighted by atomic mass is 10.0. The number of hydrogen-bond acceptors (Lipinski definition) is 3. The molecule has 18 heavy (non-hydrogen) atoms. The average molecular weight is 254 g/mol. The van der Waals surface area contributed by atoms with Gasteiger partial charge in [0, 0.05) is 13.1 Å². The number of halogens is 1. The molecule has 1 aromatic rings. The van der Waals surface area contributed by atoms with Gasteiger partial charge in [0.15, 0.2) is 0 Å². The molecule has 0 amide bonds. The van der Waals surface area contributed by atoms with Crippen LogP contribution < -0.4 is 5.32 Å². The third-order valence-corrected chi connectivity index (χ3v) is 2.68. The minimum absolute atomic E-state index is 0.381. The number of hydrogen-bond donors (Lipinski definition) is 2. The number of benzene rings is 1. The summed E-state index contributed by atoms with van der Waals surface area (Å²) in [5.74, 6) is -1.38. The van der Waals surface area contributed by atoms with Crippen molar-refractivity contribution in [2.75, 3.05) is 27.2 Å². The van der Waals surface area contributed by atoms with Gasteiger partial charge >= 0.3 is 5.97 Å². The van der Waals surface area contributed by atoms with Crippen molar-refractivity contribution in [2.45, 2.75) is 13.0 Å². The molecule has 0 aliphatic rings. The van der Waals surface area contributed by atoms with Gasteiger partial charge in [-0.3, -0.25) is 10.1 Å². The molecule has 1 rings (SSSR count). The second-order valence-corrected chi connectivity index (χ2v) is 4.54. The summed E-state index contributed by atoms with van der Waals surface area (Å²) in [6, 6.07) is 3.63. The molecule has 0 heterocycles. The SMILES string of the molecule is Cc1ccc(C(NCCN(C)C)C(=O)O)cc1F. The average Bonchev–Trinajstić information content (AvgIpc) is 2.27. The molecule has 0 saturated carbocycles. The van der Waals surface area contributed by atoms with Gasteiger partial charge in [0.05, 0.1) is 0 Å². The number of aryl methyl sites for hydroxylation is 1. The van der Waals surface area contributed by atoms with Crippen LogP contribution in [0.4, 0.5) is 4.39 Å². The lowest BCUT2D eigenvalue weighted by Crippen LogP contribution is -2.34. The van der Waals surface area contributed by atoms with E-state index in [2.05, 4.69) is 5.32 Å². The highest BCUT2D eigenvalue weighted by molar-refractivity contribution is 5.75. The largest absolute Gasteiger partial charge is 0.480 e. The molecule has 0 spiro atoms. The molecule has 0 fully saturated rings. The first-order valence-corrected chi connectivity index (χ1v) is 5.78. The number of likely N-dealkylation sites (N-methyl/N-ethyl adjacent to an activating group) is 1. The predicted molar refractivity (Wildman–Crippen MR) is 68.1 cm³/mol. The molecule has 0 aliphatic heterocycles. The fourth-order valence-electron chi connectivity index (χ4n) is 1.57. The minimum atomic E-state index is -1.00. The van der Waals surface area contributed by atoms with Crippen LogP contribution in [0.2, 0.25) is 0 Å². The van der Waals surface area contributed by atoms with Gasteiger partial charge in [-0.1, -0.05) is 12.1 Å². The molecular formula is C13H19FN2O2. The number of carboxylic acids is 1. The van der Waals surface area contributed by atoms with E-state index in [0.29, 0.717) is 17.7 Å². The molecule has 1 unspecified atom stereocenters. The van der Waals surface area contributed by atoms with Gasteiger partial charge in [-0.15, -0.1) is 0 Å². The number of nitrogens with zero attached hydrogens (tertiary/aromatic N) is 1. The normalized spacial score (nSPS) is 12.7. The second-order valence-electron chi connectivity index (χ2n) is 4.54. The quantitative estimate of drug-likeness (QED) is 0.806. The van der Waals surface area contributed by atoms with Crippen LogP contribution in [0, 0.1) is 12.7 Å². The van der Waals surface area contributed by atoms with Crippen molar-refractivity contribution in [2.24, 2.45) is 0 Å². The van der Waals surface area contributed by atoms with Crippen molar-refractivity contribution in [1.29, 1.82) is 0 Å². The summed E-state index contributed by atoms with van der Waals surface area (Å²) < 4.78 is 13.4. The zero-order valence-corrected chi connectivity index (χ0v) is 10.9. The Morgan fingerprint density at radius 2 is 2.17 bits per heavy atom. The van der Waals surface area contributed by atoms with Crippen molar-refractivity contribution in [1.82, 2.24) is 10.2 Å². The zero-order chi connectivity index (χ0) is 13.7. The smallest absolute Gasteiger partial charge is 0.325 e. The summed E-state index contributed by atoms with van der Waals surface area (Å²) in [7, 11) is 3.81. The molecule has 0 aliphatic carbocycles. The molecule has 0 bridgehead atoms. The molecule has 100 valence electrons. The molecule has 1 atom stereocenters. The van der Waals surface area contributed by atoms with Gasteiger partial charge in [0.1, 0.15) is 11.9 Å². The Hall–Kier alpha value is -1.46. The topological polar surface area (TPSA) is 52.6 Å². The van der Waals surface area contributed by atoms with Crippen LogP contribution in [0.1, 0.15) is 17.2 Å². The highest BCUT2D eigenvalue weighted by Gasteiger charge is 2.19. The predicted octanol–water partition coefficient (Wildman–Crippen LogP) is 1.41. The maximum absolute atomic E-state index is 13.4. The Bertz CT molecular complexity index is 421. The van der Waals surface area contributed by atoms with Crippen molar-refractivity contribution in [3.05, 3.63) is 35.1 Å². The van der Waals surface area contributed by atoms with Crippen molar-refractivity contribution >= 4 is 5.97 Å². The van der Waals surface area contributed by atoms with Crippen LogP contribution in [0.5, 0.6) is 0 Å². The maximum Gasteiger partial charge on any atom is 0.325 e. The van der Waals surface area contributed by atoms with Crippen LogP contribution in [0.25, 0.3) is 0 Å². The lowest BCUT2D eigenvalue weighted by Gasteiger charge is -2.17. The summed E-state index contributed by atoms with van der Waals surface area (Å²) in [6.45, 7) is 2.89. The minimum Gasteiger partial charge on any atom is -0.480 e. The number of aliphatic carboxylic acids is 1. The Morgan fingerprint density at radius 1 is 1.50 bits per heavy atom. The highest BCUT2D eigenvalue weighted by atomic mass is 19.1. The van der Waals surface area contributed by atoms with Crippen LogP contribution in [0.15, 0.2) is 18.2 Å². The Morgan fingerprint density at radius 3 is 2.67 bits per heavy atom. The third-order valence-electron chi connectivity index (χ3n) is 2.68. The first-order valence-electron chi connectivity index (χ1n) is 5.78. The number of nitrogens with one attached hydrogen (secondary N) is 1. The fraction of sp³-hybridized carbons (Fsp3) is 0.462. The number of rotatable bonds is 6. The summed E-state index contributed by atoms with van der Waals surface area (Å²) in [6.07, 6.45) is 0. The standard InChI is InChI=1S/C13H19FN2O2/c1-9-4-5-10(8-11(9)14)12(13(17)18)15-6-7-16(2)3/h4-5,8,12,15H,6-7H2,1-3H3,(H,17,18). The summed E-state index contributed by atoms with van der Waals surface area (Å²) in [4.78, 5) is 13.1. The van der Waals surface area contributed by atoms with Crippen LogP contribution in [-0.2, 0) is 4.79 Å². The summed E-state index contributed by atoms with van der Waals surface area (Å²) in [5, 5.41) is 12.1. The van der Waals surface area contributed by atoms with E-state index in [1.54, 1.807) is 19.1 Å². The van der Waals surface area contributed by atoms with E-state index < -0.39 is 12.0 Å². The van der Waals surface area contributed by atoms with E-state index in [9.17, 15) is 9.18 Å². The molecule has 0 radical (unpaired) electrons. The van der Waals surface area contributed by atoms with Gasteiger partial charge in [-0.2, -0.15) is 0 Å². The molecule has 2 N–H and O–H groups in total. The molecule has 0 aromatic heterocycles. The zero-order valence-electron chi connectivity index (χ0n) is 10.9. The molecule has 1 aromatic carbocycles. The first-order chi connectivity index (χ1) is 8.41. The molecular weight excluding hydrogens is 235 g/mol.